The van der Waals surface area contributed by atoms with E-state index in [1.165, 1.54) is 50.8 Å². The molecule has 3 aliphatic heterocycles. The molecule has 34 heavy (non-hydrogen) atoms. The highest BCUT2D eigenvalue weighted by Gasteiger charge is 2.33. The Kier molecular flexibility index (Phi) is 6.02. The van der Waals surface area contributed by atoms with Crippen LogP contribution in [-0.2, 0) is 0 Å². The maximum absolute atomic E-state index is 6.18. The number of fused-ring (bicyclic) bond motifs is 1. The number of thiophene rings is 1. The highest BCUT2D eigenvalue weighted by molar-refractivity contribution is 7.13. The molecule has 2 unspecified atom stereocenters. The van der Waals surface area contributed by atoms with Crippen molar-refractivity contribution in [2.45, 2.75) is 31.8 Å². The van der Waals surface area contributed by atoms with Gasteiger partial charge >= 0.3 is 0 Å². The Morgan fingerprint density at radius 2 is 1.68 bits per heavy atom. The molecule has 0 amide bonds. The van der Waals surface area contributed by atoms with Gasteiger partial charge in [-0.25, -0.2) is 0 Å². The lowest BCUT2D eigenvalue weighted by molar-refractivity contribution is 0.378. The summed E-state index contributed by atoms with van der Waals surface area (Å²) in [4.78, 5) is 7.81. The average Bonchev–Trinajstić information content (AvgIpc) is 3.51. The van der Waals surface area contributed by atoms with Gasteiger partial charge in [0.05, 0.1) is 28.3 Å². The third kappa shape index (κ3) is 4.21. The van der Waals surface area contributed by atoms with Crippen LogP contribution in [-0.4, -0.2) is 37.6 Å². The summed E-state index contributed by atoms with van der Waals surface area (Å²) in [6.07, 6.45) is 4.84. The molecule has 2 fully saturated rings. The minimum absolute atomic E-state index is 0.167. The van der Waals surface area contributed by atoms with Crippen LogP contribution >= 0.6 is 22.9 Å². The van der Waals surface area contributed by atoms with Crippen LogP contribution in [0.15, 0.2) is 60.7 Å². The van der Waals surface area contributed by atoms with E-state index in [0.29, 0.717) is 6.04 Å². The lowest BCUT2D eigenvalue weighted by Gasteiger charge is -2.34. The number of nitrogens with zero attached hydrogens (tertiary/aromatic N) is 2. The number of piperazine rings is 1. The zero-order valence-corrected chi connectivity index (χ0v) is 21.1. The Labute approximate surface area is 211 Å². The SMILES string of the molecule is Cc1cc2c(s1)C(N1CCCC1c1ccc(Cl)cc1)=CC(c1ccc(N3CCNCC3)cc1)N2. The van der Waals surface area contributed by atoms with Crippen molar-refractivity contribution in [1.29, 1.82) is 0 Å². The molecule has 6 rings (SSSR count). The van der Waals surface area contributed by atoms with Crippen molar-refractivity contribution >= 4 is 40.0 Å². The van der Waals surface area contributed by atoms with Crippen LogP contribution in [0.4, 0.5) is 11.4 Å². The van der Waals surface area contributed by atoms with Gasteiger partial charge in [-0.2, -0.15) is 0 Å². The maximum Gasteiger partial charge on any atom is 0.0736 e. The topological polar surface area (TPSA) is 30.5 Å². The van der Waals surface area contributed by atoms with Crippen molar-refractivity contribution in [1.82, 2.24) is 10.2 Å². The van der Waals surface area contributed by atoms with Gasteiger partial charge < -0.3 is 20.4 Å². The molecule has 1 aromatic heterocycles. The van der Waals surface area contributed by atoms with Crippen LogP contribution in [0, 0.1) is 6.92 Å². The Morgan fingerprint density at radius 3 is 2.44 bits per heavy atom. The summed E-state index contributed by atoms with van der Waals surface area (Å²) < 4.78 is 0. The highest BCUT2D eigenvalue weighted by atomic mass is 35.5. The van der Waals surface area contributed by atoms with E-state index in [2.05, 4.69) is 75.9 Å². The fraction of sp³-hybridized carbons (Fsp3) is 0.357. The van der Waals surface area contributed by atoms with Crippen LogP contribution in [0.3, 0.4) is 0 Å². The second kappa shape index (κ2) is 9.29. The molecule has 2 aromatic carbocycles. The highest BCUT2D eigenvalue weighted by Crippen LogP contribution is 2.47. The molecule has 2 saturated heterocycles. The molecule has 4 nitrogen and oxygen atoms in total. The number of hydrogen-bond acceptors (Lipinski definition) is 5. The van der Waals surface area contributed by atoms with Gasteiger partial charge in [-0.3, -0.25) is 0 Å². The third-order valence-corrected chi connectivity index (χ3v) is 8.60. The van der Waals surface area contributed by atoms with Crippen LogP contribution in [0.25, 0.3) is 5.70 Å². The minimum Gasteiger partial charge on any atom is -0.373 e. The summed E-state index contributed by atoms with van der Waals surface area (Å²) in [6, 6.07) is 20.5. The van der Waals surface area contributed by atoms with Crippen LogP contribution < -0.4 is 15.5 Å². The second-order valence-corrected chi connectivity index (χ2v) is 11.2. The normalized spacial score (nSPS) is 22.4. The molecule has 3 aliphatic rings. The largest absolute Gasteiger partial charge is 0.373 e. The van der Waals surface area contributed by atoms with Crippen molar-refractivity contribution in [3.8, 4) is 0 Å². The number of benzene rings is 2. The third-order valence-electron chi connectivity index (χ3n) is 7.27. The number of aryl methyl sites for hydroxylation is 1. The van der Waals surface area contributed by atoms with Gasteiger partial charge in [-0.15, -0.1) is 11.3 Å². The predicted octanol–water partition coefficient (Wildman–Crippen LogP) is 6.46. The van der Waals surface area contributed by atoms with Gasteiger partial charge in [0.1, 0.15) is 0 Å². The van der Waals surface area contributed by atoms with E-state index in [0.717, 1.165) is 37.7 Å². The summed E-state index contributed by atoms with van der Waals surface area (Å²) in [5.41, 5.74) is 6.62. The Morgan fingerprint density at radius 1 is 0.941 bits per heavy atom. The maximum atomic E-state index is 6.18. The van der Waals surface area contributed by atoms with Gasteiger partial charge in [-0.05, 0) is 67.3 Å². The lowest BCUT2D eigenvalue weighted by Crippen LogP contribution is -2.43. The van der Waals surface area contributed by atoms with E-state index in [4.69, 9.17) is 11.6 Å². The van der Waals surface area contributed by atoms with Gasteiger partial charge in [0.15, 0.2) is 0 Å². The average molecular weight is 491 g/mol. The van der Waals surface area contributed by atoms with E-state index in [1.54, 1.807) is 0 Å². The fourth-order valence-corrected chi connectivity index (χ4v) is 6.70. The van der Waals surface area contributed by atoms with Crippen molar-refractivity contribution in [3.63, 3.8) is 0 Å². The first kappa shape index (κ1) is 22.0. The summed E-state index contributed by atoms with van der Waals surface area (Å²) in [5.74, 6) is 0. The standard InChI is InChI=1S/C28H31ClN4S/c1-19-17-25-28(34-19)27(33-14-2-3-26(33)21-4-8-22(29)9-5-21)18-24(31-25)20-6-10-23(11-7-20)32-15-12-30-13-16-32/h4-11,17-18,24,26,30-31H,2-3,12-16H2,1H3. The van der Waals surface area contributed by atoms with E-state index >= 15 is 0 Å². The number of hydrogen-bond donors (Lipinski definition) is 2. The Bertz CT molecular complexity index is 1180. The first-order chi connectivity index (χ1) is 16.7. The zero-order chi connectivity index (χ0) is 23.1. The summed E-state index contributed by atoms with van der Waals surface area (Å²) >= 11 is 8.08. The van der Waals surface area contributed by atoms with Gasteiger partial charge in [0.2, 0.25) is 0 Å². The summed E-state index contributed by atoms with van der Waals surface area (Å²) in [6.45, 7) is 7.56. The van der Waals surface area contributed by atoms with E-state index < -0.39 is 0 Å². The quantitative estimate of drug-likeness (QED) is 0.439. The summed E-state index contributed by atoms with van der Waals surface area (Å²) in [5, 5.41) is 8.05. The van der Waals surface area contributed by atoms with Crippen molar-refractivity contribution in [2.75, 3.05) is 42.9 Å². The molecule has 6 heteroatoms. The Hall–Kier alpha value is -2.47. The number of anilines is 2. The van der Waals surface area contributed by atoms with Gasteiger partial charge in [-0.1, -0.05) is 35.9 Å². The predicted molar refractivity (Wildman–Crippen MR) is 145 cm³/mol. The van der Waals surface area contributed by atoms with Crippen molar-refractivity contribution < 1.29 is 0 Å². The van der Waals surface area contributed by atoms with E-state index in [-0.39, 0.29) is 6.04 Å². The van der Waals surface area contributed by atoms with Gasteiger partial charge in [0.25, 0.3) is 0 Å². The molecule has 4 heterocycles. The smallest absolute Gasteiger partial charge is 0.0736 e. The fourth-order valence-electron chi connectivity index (χ4n) is 5.56. The number of halogens is 1. The Balaban J connectivity index is 1.32. The van der Waals surface area contributed by atoms with E-state index in [9.17, 15) is 0 Å². The molecule has 3 aromatic rings. The molecule has 0 radical (unpaired) electrons. The molecule has 0 bridgehead atoms. The molecular formula is C28H31ClN4S. The summed E-state index contributed by atoms with van der Waals surface area (Å²) in [7, 11) is 0. The second-order valence-electron chi connectivity index (χ2n) is 9.51. The molecule has 176 valence electrons. The molecule has 2 atom stereocenters. The molecule has 0 saturated carbocycles. The number of nitrogens with one attached hydrogen (secondary N) is 2. The zero-order valence-electron chi connectivity index (χ0n) is 19.6. The van der Waals surface area contributed by atoms with Crippen LogP contribution in [0.1, 0.15) is 45.8 Å². The molecular weight excluding hydrogens is 460 g/mol. The number of likely N-dealkylation sites (tertiary alicyclic amines) is 1. The van der Waals surface area contributed by atoms with E-state index in [1.807, 2.05) is 23.5 Å². The molecule has 2 N–H and O–H groups in total. The molecule has 0 aliphatic carbocycles. The van der Waals surface area contributed by atoms with Crippen molar-refractivity contribution in [3.05, 3.63) is 86.6 Å². The number of rotatable bonds is 4. The van der Waals surface area contributed by atoms with Crippen molar-refractivity contribution in [2.24, 2.45) is 0 Å². The minimum atomic E-state index is 0.167. The molecule has 0 spiro atoms. The first-order valence-electron chi connectivity index (χ1n) is 12.3. The first-order valence-corrected chi connectivity index (χ1v) is 13.5. The van der Waals surface area contributed by atoms with Crippen LogP contribution in [0.5, 0.6) is 0 Å². The van der Waals surface area contributed by atoms with Gasteiger partial charge in [0, 0.05) is 48.3 Å². The monoisotopic (exact) mass is 490 g/mol. The van der Waals surface area contributed by atoms with Crippen LogP contribution in [0.2, 0.25) is 5.02 Å². The lowest BCUT2D eigenvalue weighted by atomic mass is 9.99.